The van der Waals surface area contributed by atoms with Crippen LogP contribution < -0.4 is 5.73 Å². The van der Waals surface area contributed by atoms with E-state index < -0.39 is 0 Å². The Bertz CT molecular complexity index is 499. The number of fused-ring (bicyclic) bond motifs is 5. The maximum atomic E-state index is 10.6. The van der Waals surface area contributed by atoms with E-state index in [9.17, 15) is 5.11 Å². The summed E-state index contributed by atoms with van der Waals surface area (Å²) < 4.78 is 0. The molecule has 4 aliphatic rings. The summed E-state index contributed by atoms with van der Waals surface area (Å²) in [4.78, 5) is 0. The first-order chi connectivity index (χ1) is 12.5. The van der Waals surface area contributed by atoms with Crippen molar-refractivity contribution in [2.24, 2.45) is 46.2 Å². The standard InChI is InChI=1S/C23H41NOS/c1-22-10-8-16(15-26-13-3-12-24)14-17(22)4-5-18-19-6-7-21(25)23(19,2)11-9-20(18)22/h16-21,25H,3-15,24H2,1-2H3. The molecule has 0 heterocycles. The lowest BCUT2D eigenvalue weighted by Gasteiger charge is -2.61. The van der Waals surface area contributed by atoms with Gasteiger partial charge in [0.15, 0.2) is 0 Å². The molecule has 26 heavy (non-hydrogen) atoms. The van der Waals surface area contributed by atoms with Crippen LogP contribution in [0.15, 0.2) is 0 Å². The summed E-state index contributed by atoms with van der Waals surface area (Å²) in [6.07, 6.45) is 13.5. The molecule has 0 aromatic rings. The van der Waals surface area contributed by atoms with Crippen LogP contribution in [-0.4, -0.2) is 29.3 Å². The minimum absolute atomic E-state index is 0.0275. The third kappa shape index (κ3) is 3.18. The molecule has 8 unspecified atom stereocenters. The summed E-state index contributed by atoms with van der Waals surface area (Å²) in [6, 6.07) is 0. The first kappa shape index (κ1) is 19.6. The number of aliphatic hydroxyl groups is 1. The minimum Gasteiger partial charge on any atom is -0.393 e. The second-order valence-corrected chi connectivity index (χ2v) is 11.8. The van der Waals surface area contributed by atoms with Crippen molar-refractivity contribution in [3.8, 4) is 0 Å². The third-order valence-corrected chi connectivity index (χ3v) is 10.9. The van der Waals surface area contributed by atoms with Gasteiger partial charge in [-0.2, -0.15) is 11.8 Å². The highest BCUT2D eigenvalue weighted by atomic mass is 32.2. The van der Waals surface area contributed by atoms with Gasteiger partial charge in [0.2, 0.25) is 0 Å². The van der Waals surface area contributed by atoms with Crippen LogP contribution in [0.4, 0.5) is 0 Å². The quantitative estimate of drug-likeness (QED) is 0.654. The highest BCUT2D eigenvalue weighted by molar-refractivity contribution is 7.99. The second-order valence-electron chi connectivity index (χ2n) is 10.7. The summed E-state index contributed by atoms with van der Waals surface area (Å²) in [5.74, 6) is 7.19. The predicted octanol–water partition coefficient (Wildman–Crippen LogP) is 5.09. The van der Waals surface area contributed by atoms with Crippen LogP contribution in [0.5, 0.6) is 0 Å². The average Bonchev–Trinajstić information content (AvgIpc) is 2.94. The van der Waals surface area contributed by atoms with Gasteiger partial charge in [-0.1, -0.05) is 13.8 Å². The Morgan fingerprint density at radius 3 is 2.54 bits per heavy atom. The lowest BCUT2D eigenvalue weighted by atomic mass is 9.44. The Labute approximate surface area is 165 Å². The second kappa shape index (κ2) is 7.59. The summed E-state index contributed by atoms with van der Waals surface area (Å²) >= 11 is 2.15. The molecule has 0 saturated heterocycles. The average molecular weight is 380 g/mol. The van der Waals surface area contributed by atoms with Crippen molar-refractivity contribution in [2.75, 3.05) is 18.1 Å². The number of thioether (sulfide) groups is 1. The fourth-order valence-corrected chi connectivity index (χ4v) is 9.08. The van der Waals surface area contributed by atoms with E-state index in [1.54, 1.807) is 0 Å². The summed E-state index contributed by atoms with van der Waals surface area (Å²) in [5.41, 5.74) is 6.47. The minimum atomic E-state index is -0.0275. The van der Waals surface area contributed by atoms with E-state index in [0.29, 0.717) is 5.41 Å². The largest absolute Gasteiger partial charge is 0.393 e. The van der Waals surface area contributed by atoms with Gasteiger partial charge in [0, 0.05) is 0 Å². The van der Waals surface area contributed by atoms with Crippen molar-refractivity contribution in [3.63, 3.8) is 0 Å². The van der Waals surface area contributed by atoms with E-state index in [1.807, 2.05) is 0 Å². The fourth-order valence-electron chi connectivity index (χ4n) is 7.91. The molecule has 4 saturated carbocycles. The molecular weight excluding hydrogens is 338 g/mol. The van der Waals surface area contributed by atoms with Crippen LogP contribution >= 0.6 is 11.8 Å². The SMILES string of the molecule is CC12CCC3C(CCC4CC(CSCCCN)CCC43C)C1CCC2O. The van der Waals surface area contributed by atoms with Gasteiger partial charge < -0.3 is 10.8 Å². The van der Waals surface area contributed by atoms with E-state index >= 15 is 0 Å². The summed E-state index contributed by atoms with van der Waals surface area (Å²) in [6.45, 7) is 5.92. The van der Waals surface area contributed by atoms with Gasteiger partial charge in [0.25, 0.3) is 0 Å². The molecule has 0 aromatic heterocycles. The maximum absolute atomic E-state index is 10.6. The number of hydrogen-bond donors (Lipinski definition) is 2. The van der Waals surface area contributed by atoms with Crippen LogP contribution in [0.2, 0.25) is 0 Å². The molecule has 150 valence electrons. The maximum Gasteiger partial charge on any atom is 0.0596 e. The van der Waals surface area contributed by atoms with Gasteiger partial charge in [-0.05, 0) is 123 Å². The molecule has 4 fully saturated rings. The molecule has 3 N–H and O–H groups in total. The van der Waals surface area contributed by atoms with Crippen molar-refractivity contribution in [3.05, 3.63) is 0 Å². The summed E-state index contributed by atoms with van der Waals surface area (Å²) in [5, 5.41) is 10.6. The van der Waals surface area contributed by atoms with Gasteiger partial charge >= 0.3 is 0 Å². The molecule has 4 aliphatic carbocycles. The monoisotopic (exact) mass is 379 g/mol. The first-order valence-corrected chi connectivity index (χ1v) is 12.6. The fraction of sp³-hybridized carbons (Fsp3) is 1.00. The smallest absolute Gasteiger partial charge is 0.0596 e. The van der Waals surface area contributed by atoms with Crippen molar-refractivity contribution in [1.29, 1.82) is 0 Å². The van der Waals surface area contributed by atoms with Crippen LogP contribution in [0, 0.1) is 40.4 Å². The Balaban J connectivity index is 1.41. The van der Waals surface area contributed by atoms with E-state index in [-0.39, 0.29) is 11.5 Å². The Kier molecular flexibility index (Phi) is 5.72. The van der Waals surface area contributed by atoms with E-state index in [0.717, 1.165) is 42.6 Å². The Hall–Kier alpha value is 0.270. The molecule has 0 spiro atoms. The number of rotatable bonds is 5. The van der Waals surface area contributed by atoms with E-state index in [1.165, 1.54) is 69.3 Å². The topological polar surface area (TPSA) is 46.2 Å². The zero-order chi connectivity index (χ0) is 18.4. The van der Waals surface area contributed by atoms with Gasteiger partial charge in [-0.3, -0.25) is 0 Å². The predicted molar refractivity (Wildman–Crippen MR) is 112 cm³/mol. The van der Waals surface area contributed by atoms with Crippen molar-refractivity contribution in [2.45, 2.75) is 84.2 Å². The van der Waals surface area contributed by atoms with E-state index in [4.69, 9.17) is 5.73 Å². The molecule has 4 rings (SSSR count). The highest BCUT2D eigenvalue weighted by Gasteiger charge is 2.59. The summed E-state index contributed by atoms with van der Waals surface area (Å²) in [7, 11) is 0. The van der Waals surface area contributed by atoms with Gasteiger partial charge in [-0.15, -0.1) is 0 Å². The molecule has 2 nitrogen and oxygen atoms in total. The number of hydrogen-bond acceptors (Lipinski definition) is 3. The van der Waals surface area contributed by atoms with Crippen LogP contribution in [0.25, 0.3) is 0 Å². The highest BCUT2D eigenvalue weighted by Crippen LogP contribution is 2.66. The molecule has 8 atom stereocenters. The lowest BCUT2D eigenvalue weighted by Crippen LogP contribution is -2.54. The van der Waals surface area contributed by atoms with Crippen LogP contribution in [0.3, 0.4) is 0 Å². The molecule has 0 radical (unpaired) electrons. The van der Waals surface area contributed by atoms with Crippen LogP contribution in [0.1, 0.15) is 78.1 Å². The van der Waals surface area contributed by atoms with E-state index in [2.05, 4.69) is 25.6 Å². The number of nitrogens with two attached hydrogens (primary N) is 1. The molecule has 0 aromatic carbocycles. The van der Waals surface area contributed by atoms with Gasteiger partial charge in [0.1, 0.15) is 0 Å². The molecule has 3 heteroatoms. The lowest BCUT2D eigenvalue weighted by molar-refractivity contribution is -0.125. The Morgan fingerprint density at radius 2 is 1.73 bits per heavy atom. The normalized spacial score (nSPS) is 50.8. The first-order valence-electron chi connectivity index (χ1n) is 11.4. The molecular formula is C23H41NOS. The molecule has 0 amide bonds. The van der Waals surface area contributed by atoms with Crippen molar-refractivity contribution in [1.82, 2.24) is 0 Å². The zero-order valence-corrected chi connectivity index (χ0v) is 17.9. The third-order valence-electron chi connectivity index (χ3n) is 9.57. The van der Waals surface area contributed by atoms with Crippen molar-refractivity contribution < 1.29 is 5.11 Å². The number of aliphatic hydroxyl groups excluding tert-OH is 1. The van der Waals surface area contributed by atoms with Crippen molar-refractivity contribution >= 4 is 11.8 Å². The molecule has 0 aliphatic heterocycles. The van der Waals surface area contributed by atoms with Gasteiger partial charge in [0.05, 0.1) is 6.10 Å². The van der Waals surface area contributed by atoms with Crippen LogP contribution in [-0.2, 0) is 0 Å². The molecule has 0 bridgehead atoms. The van der Waals surface area contributed by atoms with Gasteiger partial charge in [-0.25, -0.2) is 0 Å². The Morgan fingerprint density at radius 1 is 0.962 bits per heavy atom. The zero-order valence-electron chi connectivity index (χ0n) is 17.1.